The Hall–Kier alpha value is -1.03. The molecule has 0 fully saturated rings. The van der Waals surface area contributed by atoms with E-state index in [0.717, 1.165) is 11.6 Å². The van der Waals surface area contributed by atoms with Crippen LogP contribution in [0.3, 0.4) is 0 Å². The number of amides is 1. The van der Waals surface area contributed by atoms with E-state index in [1.54, 1.807) is 6.20 Å². The summed E-state index contributed by atoms with van der Waals surface area (Å²) in [5.74, 6) is 0.556. The van der Waals surface area contributed by atoms with Gasteiger partial charge in [0.2, 0.25) is 5.91 Å². The van der Waals surface area contributed by atoms with Crippen LogP contribution in [0.25, 0.3) is 0 Å². The van der Waals surface area contributed by atoms with E-state index in [1.807, 2.05) is 25.1 Å². The summed E-state index contributed by atoms with van der Waals surface area (Å²) in [7, 11) is 0. The lowest BCUT2D eigenvalue weighted by Crippen LogP contribution is -2.33. The Kier molecular flexibility index (Phi) is 5.32. The number of thioether (sulfide) groups is 1. The van der Waals surface area contributed by atoms with Gasteiger partial charge in [-0.25, -0.2) is 4.98 Å². The van der Waals surface area contributed by atoms with Gasteiger partial charge < -0.3 is 5.32 Å². The van der Waals surface area contributed by atoms with Crippen LogP contribution in [0.4, 0.5) is 0 Å². The smallest absolute Gasteiger partial charge is 0.233 e. The summed E-state index contributed by atoms with van der Waals surface area (Å²) in [4.78, 5) is 15.9. The Morgan fingerprint density at radius 3 is 2.75 bits per heavy atom. The van der Waals surface area contributed by atoms with Crippen molar-refractivity contribution >= 4 is 17.7 Å². The summed E-state index contributed by atoms with van der Waals surface area (Å²) < 4.78 is 0. The summed E-state index contributed by atoms with van der Waals surface area (Å²) in [6, 6.07) is 5.71. The Labute approximate surface area is 101 Å². The minimum atomic E-state index is -0.103. The lowest BCUT2D eigenvalue weighted by Gasteiger charge is -2.12. The van der Waals surface area contributed by atoms with Gasteiger partial charge in [-0.05, 0) is 25.0 Å². The van der Waals surface area contributed by atoms with Gasteiger partial charge in [-0.2, -0.15) is 0 Å². The number of aromatic nitrogens is 1. The van der Waals surface area contributed by atoms with Gasteiger partial charge in [-0.3, -0.25) is 4.79 Å². The number of rotatable bonds is 5. The van der Waals surface area contributed by atoms with Crippen LogP contribution >= 0.6 is 11.8 Å². The molecule has 1 heterocycles. The molecule has 1 atom stereocenters. The second kappa shape index (κ2) is 6.53. The molecule has 4 heteroatoms. The van der Waals surface area contributed by atoms with Crippen LogP contribution in [-0.4, -0.2) is 22.7 Å². The fourth-order valence-corrected chi connectivity index (χ4v) is 1.93. The number of carbonyl (C=O) groups is 1. The molecule has 0 aliphatic rings. The summed E-state index contributed by atoms with van der Waals surface area (Å²) in [6.45, 7) is 6.79. The lowest BCUT2D eigenvalue weighted by atomic mass is 10.2. The number of carbonyl (C=O) groups excluding carboxylic acids is 1. The van der Waals surface area contributed by atoms with Crippen LogP contribution in [0.5, 0.6) is 0 Å². The number of pyridine rings is 1. The molecule has 1 aromatic rings. The first-order valence-corrected chi connectivity index (χ1v) is 6.33. The SMILES string of the molecule is CC(C)CNC(=O)C(C)Sc1ccccn1. The molecule has 16 heavy (non-hydrogen) atoms. The van der Waals surface area contributed by atoms with E-state index in [1.165, 1.54) is 11.8 Å². The lowest BCUT2D eigenvalue weighted by molar-refractivity contribution is -0.120. The number of nitrogens with zero attached hydrogens (tertiary/aromatic N) is 1. The van der Waals surface area contributed by atoms with E-state index in [2.05, 4.69) is 24.1 Å². The van der Waals surface area contributed by atoms with Crippen molar-refractivity contribution in [1.82, 2.24) is 10.3 Å². The van der Waals surface area contributed by atoms with Crippen LogP contribution in [0.2, 0.25) is 0 Å². The molecule has 0 bridgehead atoms. The van der Waals surface area contributed by atoms with Crippen molar-refractivity contribution in [1.29, 1.82) is 0 Å². The number of hydrogen-bond donors (Lipinski definition) is 1. The Balaban J connectivity index is 2.40. The van der Waals surface area contributed by atoms with E-state index >= 15 is 0 Å². The zero-order valence-corrected chi connectivity index (χ0v) is 10.8. The quantitative estimate of drug-likeness (QED) is 0.801. The summed E-state index contributed by atoms with van der Waals surface area (Å²) in [6.07, 6.45) is 1.74. The third kappa shape index (κ3) is 4.66. The van der Waals surface area contributed by atoms with Crippen molar-refractivity contribution in [3.63, 3.8) is 0 Å². The minimum Gasteiger partial charge on any atom is -0.355 e. The Bertz CT molecular complexity index is 327. The molecule has 0 spiro atoms. The molecule has 0 aliphatic heterocycles. The minimum absolute atomic E-state index is 0.0735. The molecular weight excluding hydrogens is 220 g/mol. The van der Waals surface area contributed by atoms with Gasteiger partial charge in [0.15, 0.2) is 0 Å². The molecule has 0 aromatic carbocycles. The molecule has 0 saturated heterocycles. The fraction of sp³-hybridized carbons (Fsp3) is 0.500. The molecule has 0 aliphatic carbocycles. The second-order valence-electron chi connectivity index (χ2n) is 4.07. The van der Waals surface area contributed by atoms with E-state index < -0.39 is 0 Å². The van der Waals surface area contributed by atoms with Crippen LogP contribution in [0.1, 0.15) is 20.8 Å². The summed E-state index contributed by atoms with van der Waals surface area (Å²) in [5, 5.41) is 3.70. The molecule has 0 radical (unpaired) electrons. The highest BCUT2D eigenvalue weighted by Gasteiger charge is 2.14. The average Bonchev–Trinajstić information content (AvgIpc) is 2.27. The van der Waals surface area contributed by atoms with Gasteiger partial charge >= 0.3 is 0 Å². The summed E-state index contributed by atoms with van der Waals surface area (Å²) >= 11 is 1.48. The largest absolute Gasteiger partial charge is 0.355 e. The molecule has 0 saturated carbocycles. The molecular formula is C12H18N2OS. The van der Waals surface area contributed by atoms with E-state index in [0.29, 0.717) is 5.92 Å². The van der Waals surface area contributed by atoms with Gasteiger partial charge in [0.25, 0.3) is 0 Å². The zero-order valence-electron chi connectivity index (χ0n) is 9.93. The van der Waals surface area contributed by atoms with Crippen molar-refractivity contribution in [2.24, 2.45) is 5.92 Å². The highest BCUT2D eigenvalue weighted by Crippen LogP contribution is 2.20. The first-order valence-electron chi connectivity index (χ1n) is 5.45. The third-order valence-corrected chi connectivity index (χ3v) is 3.04. The van der Waals surface area contributed by atoms with Gasteiger partial charge in [0, 0.05) is 12.7 Å². The van der Waals surface area contributed by atoms with Crippen LogP contribution in [0, 0.1) is 5.92 Å². The van der Waals surface area contributed by atoms with E-state index in [4.69, 9.17) is 0 Å². The van der Waals surface area contributed by atoms with Crippen molar-refractivity contribution < 1.29 is 4.79 Å². The normalized spacial score (nSPS) is 12.5. The highest BCUT2D eigenvalue weighted by molar-refractivity contribution is 8.00. The standard InChI is InChI=1S/C12H18N2OS/c1-9(2)8-14-12(15)10(3)16-11-6-4-5-7-13-11/h4-7,9-10H,8H2,1-3H3,(H,14,15). The Morgan fingerprint density at radius 2 is 2.19 bits per heavy atom. The first-order chi connectivity index (χ1) is 7.59. The molecule has 1 rings (SSSR count). The molecule has 88 valence electrons. The monoisotopic (exact) mass is 238 g/mol. The first kappa shape index (κ1) is 13.0. The number of hydrogen-bond acceptors (Lipinski definition) is 3. The second-order valence-corrected chi connectivity index (χ2v) is 5.43. The number of nitrogens with one attached hydrogen (secondary N) is 1. The van der Waals surface area contributed by atoms with Crippen molar-refractivity contribution in [3.05, 3.63) is 24.4 Å². The molecule has 1 amide bonds. The van der Waals surface area contributed by atoms with Crippen LogP contribution in [0.15, 0.2) is 29.4 Å². The third-order valence-electron chi connectivity index (χ3n) is 1.99. The van der Waals surface area contributed by atoms with Crippen LogP contribution in [-0.2, 0) is 4.79 Å². The van der Waals surface area contributed by atoms with Crippen molar-refractivity contribution in [2.75, 3.05) is 6.54 Å². The average molecular weight is 238 g/mol. The molecule has 3 nitrogen and oxygen atoms in total. The fourth-order valence-electron chi connectivity index (χ4n) is 1.10. The van der Waals surface area contributed by atoms with Gasteiger partial charge in [0.1, 0.15) is 0 Å². The predicted octanol–water partition coefficient (Wildman–Crippen LogP) is 2.33. The summed E-state index contributed by atoms with van der Waals surface area (Å²) in [5.41, 5.74) is 0. The van der Waals surface area contributed by atoms with Gasteiger partial charge in [-0.15, -0.1) is 0 Å². The molecule has 1 unspecified atom stereocenters. The molecule has 1 aromatic heterocycles. The Morgan fingerprint density at radius 1 is 1.44 bits per heavy atom. The van der Waals surface area contributed by atoms with Crippen molar-refractivity contribution in [3.8, 4) is 0 Å². The molecule has 1 N–H and O–H groups in total. The van der Waals surface area contributed by atoms with Crippen molar-refractivity contribution in [2.45, 2.75) is 31.0 Å². The highest BCUT2D eigenvalue weighted by atomic mass is 32.2. The topological polar surface area (TPSA) is 42.0 Å². The van der Waals surface area contributed by atoms with Gasteiger partial charge in [0.05, 0.1) is 10.3 Å². The van der Waals surface area contributed by atoms with Crippen LogP contribution < -0.4 is 5.32 Å². The van der Waals surface area contributed by atoms with Gasteiger partial charge in [-0.1, -0.05) is 31.7 Å². The maximum atomic E-state index is 11.7. The maximum Gasteiger partial charge on any atom is 0.233 e. The zero-order chi connectivity index (χ0) is 12.0. The maximum absolute atomic E-state index is 11.7. The van der Waals surface area contributed by atoms with E-state index in [-0.39, 0.29) is 11.2 Å². The van der Waals surface area contributed by atoms with E-state index in [9.17, 15) is 4.79 Å². The predicted molar refractivity (Wildman–Crippen MR) is 67.4 cm³/mol.